The number of phenolic OH excluding ortho intramolecular Hbond substituents is 1. The van der Waals surface area contributed by atoms with Crippen LogP contribution in [-0.2, 0) is 6.42 Å². The number of alkyl halides is 1. The fourth-order valence-electron chi connectivity index (χ4n) is 5.89. The molecular formula is C27H25F3N4O2. The Morgan fingerprint density at radius 2 is 2.00 bits per heavy atom. The second kappa shape index (κ2) is 8.58. The maximum atomic E-state index is 15.9. The maximum absolute atomic E-state index is 15.9. The molecule has 0 amide bonds. The Morgan fingerprint density at radius 3 is 2.83 bits per heavy atom. The van der Waals surface area contributed by atoms with Gasteiger partial charge in [-0.15, -0.1) is 0 Å². The number of aryl methyl sites for hydroxylation is 1. The van der Waals surface area contributed by atoms with E-state index in [1.54, 1.807) is 6.07 Å². The third-order valence-corrected chi connectivity index (χ3v) is 7.54. The predicted octanol–water partition coefficient (Wildman–Crippen LogP) is 5.35. The van der Waals surface area contributed by atoms with Gasteiger partial charge in [0, 0.05) is 36.3 Å². The zero-order valence-electron chi connectivity index (χ0n) is 19.8. The third-order valence-electron chi connectivity index (χ3n) is 7.54. The summed E-state index contributed by atoms with van der Waals surface area (Å²) < 4.78 is 50.5. The van der Waals surface area contributed by atoms with Crippen LogP contribution >= 0.6 is 0 Å². The number of benzene rings is 2. The van der Waals surface area contributed by atoms with Crippen molar-refractivity contribution < 1.29 is 23.0 Å². The van der Waals surface area contributed by atoms with Gasteiger partial charge in [-0.2, -0.15) is 4.98 Å². The normalized spacial score (nSPS) is 21.9. The molecule has 4 aromatic rings. The molecule has 0 saturated carbocycles. The summed E-state index contributed by atoms with van der Waals surface area (Å²) in [6, 6.07) is 5.80. The predicted molar refractivity (Wildman–Crippen MR) is 130 cm³/mol. The Balaban J connectivity index is 1.41. The van der Waals surface area contributed by atoms with Crippen LogP contribution in [0.1, 0.15) is 31.7 Å². The monoisotopic (exact) mass is 494 g/mol. The van der Waals surface area contributed by atoms with Gasteiger partial charge in [-0.1, -0.05) is 13.0 Å². The van der Waals surface area contributed by atoms with Crippen LogP contribution in [-0.4, -0.2) is 56.4 Å². The van der Waals surface area contributed by atoms with Gasteiger partial charge < -0.3 is 9.84 Å². The Morgan fingerprint density at radius 1 is 1.17 bits per heavy atom. The van der Waals surface area contributed by atoms with E-state index >= 15 is 4.39 Å². The molecule has 0 aliphatic carbocycles. The largest absolute Gasteiger partial charge is 0.508 e. The first kappa shape index (κ1) is 23.0. The Bertz CT molecular complexity index is 1500. The van der Waals surface area contributed by atoms with Crippen molar-refractivity contribution in [2.24, 2.45) is 0 Å². The zero-order chi connectivity index (χ0) is 25.0. The highest BCUT2D eigenvalue weighted by Gasteiger charge is 2.49. The van der Waals surface area contributed by atoms with Gasteiger partial charge >= 0.3 is 6.01 Å². The molecule has 2 saturated heterocycles. The molecule has 2 aliphatic heterocycles. The first-order valence-corrected chi connectivity index (χ1v) is 12.2. The molecule has 2 fully saturated rings. The molecule has 9 heteroatoms. The van der Waals surface area contributed by atoms with Crippen molar-refractivity contribution in [3.8, 4) is 23.0 Å². The molecule has 6 rings (SSSR count). The molecule has 0 spiro atoms. The standard InChI is InChI=1S/C27H25F3N4O2/c1-2-19-21(29)5-4-15-8-18(35)9-20(22(15)19)25-23(30)24-16(11-31-25)12-32-26(33-24)36-14-27-6-3-7-34(27)13-17(28)10-27/h4-5,8-9,11-12,17,35H,2-3,6-7,10,13-14H2,1H3/t17-,27+/m1/s1. The first-order chi connectivity index (χ1) is 17.4. The van der Waals surface area contributed by atoms with Gasteiger partial charge in [0.1, 0.15) is 35.6 Å². The fourth-order valence-corrected chi connectivity index (χ4v) is 5.89. The number of aromatic hydroxyl groups is 1. The van der Waals surface area contributed by atoms with Gasteiger partial charge in [0.05, 0.1) is 5.54 Å². The zero-order valence-corrected chi connectivity index (χ0v) is 19.8. The summed E-state index contributed by atoms with van der Waals surface area (Å²) in [7, 11) is 0. The molecule has 1 N–H and O–H groups in total. The van der Waals surface area contributed by atoms with Gasteiger partial charge in [0.2, 0.25) is 0 Å². The van der Waals surface area contributed by atoms with Crippen molar-refractivity contribution >= 4 is 21.7 Å². The Hall–Kier alpha value is -3.46. The summed E-state index contributed by atoms with van der Waals surface area (Å²) >= 11 is 0. The van der Waals surface area contributed by atoms with E-state index in [0.29, 0.717) is 41.1 Å². The van der Waals surface area contributed by atoms with Crippen LogP contribution in [0.5, 0.6) is 11.8 Å². The fraction of sp³-hybridized carbons (Fsp3) is 0.370. The van der Waals surface area contributed by atoms with Crippen LogP contribution in [0.2, 0.25) is 0 Å². The Labute approximate surface area is 205 Å². The third kappa shape index (κ3) is 3.64. The highest BCUT2D eigenvalue weighted by molar-refractivity contribution is 6.00. The molecule has 0 bridgehead atoms. The number of phenols is 1. The van der Waals surface area contributed by atoms with Crippen LogP contribution in [0.4, 0.5) is 13.2 Å². The lowest BCUT2D eigenvalue weighted by Gasteiger charge is -2.30. The number of hydrogen-bond donors (Lipinski definition) is 1. The van der Waals surface area contributed by atoms with Crippen molar-refractivity contribution in [1.29, 1.82) is 0 Å². The number of aromatic nitrogens is 3. The van der Waals surface area contributed by atoms with Crippen molar-refractivity contribution in [1.82, 2.24) is 19.9 Å². The molecule has 186 valence electrons. The van der Waals surface area contributed by atoms with Crippen LogP contribution in [0.3, 0.4) is 0 Å². The summed E-state index contributed by atoms with van der Waals surface area (Å²) in [5.41, 5.74) is 0.276. The highest BCUT2D eigenvalue weighted by Crippen LogP contribution is 2.41. The van der Waals surface area contributed by atoms with Gasteiger partial charge in [0.25, 0.3) is 0 Å². The molecule has 2 aliphatic rings. The number of nitrogens with zero attached hydrogens (tertiary/aromatic N) is 4. The van der Waals surface area contributed by atoms with Gasteiger partial charge in [-0.25, -0.2) is 18.2 Å². The molecular weight excluding hydrogens is 469 g/mol. The van der Waals surface area contributed by atoms with Crippen LogP contribution in [0.15, 0.2) is 36.7 Å². The number of hydrogen-bond acceptors (Lipinski definition) is 6. The topological polar surface area (TPSA) is 71.4 Å². The lowest BCUT2D eigenvalue weighted by Crippen LogP contribution is -2.43. The maximum Gasteiger partial charge on any atom is 0.317 e. The number of pyridine rings is 1. The number of fused-ring (bicyclic) bond motifs is 3. The van der Waals surface area contributed by atoms with E-state index in [-0.39, 0.29) is 40.7 Å². The minimum Gasteiger partial charge on any atom is -0.508 e. The van der Waals surface area contributed by atoms with Crippen LogP contribution < -0.4 is 4.74 Å². The quantitative estimate of drug-likeness (QED) is 0.404. The lowest BCUT2D eigenvalue weighted by molar-refractivity contribution is 0.107. The number of ether oxygens (including phenoxy) is 1. The molecule has 2 atom stereocenters. The average Bonchev–Trinajstić information content (AvgIpc) is 3.38. The molecule has 0 unspecified atom stereocenters. The molecule has 2 aromatic carbocycles. The van der Waals surface area contributed by atoms with E-state index in [2.05, 4.69) is 19.9 Å². The van der Waals surface area contributed by atoms with E-state index in [0.717, 1.165) is 19.4 Å². The van der Waals surface area contributed by atoms with Gasteiger partial charge in [-0.3, -0.25) is 9.88 Å². The van der Waals surface area contributed by atoms with Crippen molar-refractivity contribution in [2.75, 3.05) is 19.7 Å². The van der Waals surface area contributed by atoms with Crippen molar-refractivity contribution in [2.45, 2.75) is 44.3 Å². The average molecular weight is 495 g/mol. The molecule has 36 heavy (non-hydrogen) atoms. The lowest BCUT2D eigenvalue weighted by atomic mass is 9.94. The summed E-state index contributed by atoms with van der Waals surface area (Å²) in [4.78, 5) is 14.9. The molecule has 2 aromatic heterocycles. The van der Waals surface area contributed by atoms with Gasteiger partial charge in [-0.05, 0) is 60.3 Å². The van der Waals surface area contributed by atoms with Crippen molar-refractivity contribution in [3.63, 3.8) is 0 Å². The summed E-state index contributed by atoms with van der Waals surface area (Å²) in [6.07, 6.45) is 4.61. The van der Waals surface area contributed by atoms with E-state index in [1.807, 2.05) is 6.92 Å². The summed E-state index contributed by atoms with van der Waals surface area (Å²) in [6.45, 7) is 3.29. The van der Waals surface area contributed by atoms with E-state index in [4.69, 9.17) is 4.74 Å². The smallest absolute Gasteiger partial charge is 0.317 e. The van der Waals surface area contributed by atoms with E-state index < -0.39 is 17.8 Å². The summed E-state index contributed by atoms with van der Waals surface area (Å²) in [5.74, 6) is -1.20. The first-order valence-electron chi connectivity index (χ1n) is 12.2. The molecule has 6 nitrogen and oxygen atoms in total. The number of rotatable bonds is 5. The second-order valence-electron chi connectivity index (χ2n) is 9.71. The molecule has 4 heterocycles. The minimum atomic E-state index is -0.882. The van der Waals surface area contributed by atoms with Crippen LogP contribution in [0.25, 0.3) is 32.9 Å². The van der Waals surface area contributed by atoms with Crippen molar-refractivity contribution in [3.05, 3.63) is 53.9 Å². The molecule has 0 radical (unpaired) electrons. The highest BCUT2D eigenvalue weighted by atomic mass is 19.1. The minimum absolute atomic E-state index is 0.00291. The number of halogens is 3. The summed E-state index contributed by atoms with van der Waals surface area (Å²) in [5, 5.41) is 11.8. The van der Waals surface area contributed by atoms with E-state index in [1.165, 1.54) is 30.6 Å². The van der Waals surface area contributed by atoms with Crippen LogP contribution in [0, 0.1) is 11.6 Å². The van der Waals surface area contributed by atoms with Gasteiger partial charge in [0.15, 0.2) is 5.82 Å². The van der Waals surface area contributed by atoms with E-state index in [9.17, 15) is 13.9 Å². The Kier molecular flexibility index (Phi) is 5.48. The SMILES string of the molecule is CCc1c(F)ccc2cc(O)cc(-c3ncc4cnc(OC[C@@]56CCCN5C[C@H](F)C6)nc4c3F)c12. The second-order valence-corrected chi connectivity index (χ2v) is 9.71.